The van der Waals surface area contributed by atoms with Crippen LogP contribution < -0.4 is 5.32 Å². The van der Waals surface area contributed by atoms with Crippen molar-refractivity contribution in [1.29, 1.82) is 5.26 Å². The van der Waals surface area contributed by atoms with E-state index in [0.29, 0.717) is 12.3 Å². The molecule has 14 heavy (non-hydrogen) atoms. The van der Waals surface area contributed by atoms with Gasteiger partial charge in [-0.3, -0.25) is 4.79 Å². The van der Waals surface area contributed by atoms with Crippen molar-refractivity contribution in [3.05, 3.63) is 0 Å². The highest BCUT2D eigenvalue weighted by molar-refractivity contribution is 5.76. The number of hydrogen-bond acceptors (Lipinski definition) is 2. The van der Waals surface area contributed by atoms with Crippen molar-refractivity contribution in [3.8, 4) is 6.07 Å². The highest BCUT2D eigenvalue weighted by Crippen LogP contribution is 2.05. The molecule has 3 heteroatoms. The van der Waals surface area contributed by atoms with Crippen molar-refractivity contribution >= 4 is 5.91 Å². The third kappa shape index (κ3) is 5.58. The Labute approximate surface area is 86.5 Å². The zero-order valence-electron chi connectivity index (χ0n) is 9.50. The lowest BCUT2D eigenvalue weighted by Crippen LogP contribution is -2.37. The van der Waals surface area contributed by atoms with Gasteiger partial charge in [0.05, 0.1) is 6.07 Å². The second-order valence-corrected chi connectivity index (χ2v) is 4.35. The monoisotopic (exact) mass is 196 g/mol. The van der Waals surface area contributed by atoms with Crippen LogP contribution in [0.2, 0.25) is 0 Å². The minimum atomic E-state index is -0.352. The lowest BCUT2D eigenvalue weighted by Gasteiger charge is -2.15. The van der Waals surface area contributed by atoms with E-state index in [1.807, 2.05) is 13.8 Å². The first-order valence-electron chi connectivity index (χ1n) is 5.16. The zero-order chi connectivity index (χ0) is 11.1. The maximum absolute atomic E-state index is 11.4. The van der Waals surface area contributed by atoms with Crippen LogP contribution in [-0.4, -0.2) is 11.9 Å². The van der Waals surface area contributed by atoms with Gasteiger partial charge in [0.2, 0.25) is 5.91 Å². The van der Waals surface area contributed by atoms with Crippen molar-refractivity contribution in [3.63, 3.8) is 0 Å². The number of carbonyl (C=O) groups excluding carboxylic acids is 1. The van der Waals surface area contributed by atoms with Gasteiger partial charge in [-0.1, -0.05) is 27.7 Å². The lowest BCUT2D eigenvalue weighted by atomic mass is 10.0. The summed E-state index contributed by atoms with van der Waals surface area (Å²) in [5, 5.41) is 11.5. The molecule has 0 radical (unpaired) electrons. The molecule has 0 fully saturated rings. The Balaban J connectivity index is 3.87. The highest BCUT2D eigenvalue weighted by atomic mass is 16.1. The van der Waals surface area contributed by atoms with E-state index < -0.39 is 0 Å². The molecule has 0 aromatic rings. The van der Waals surface area contributed by atoms with Gasteiger partial charge in [0, 0.05) is 6.42 Å². The number of hydrogen-bond donors (Lipinski definition) is 1. The molecule has 1 unspecified atom stereocenters. The molecule has 0 bridgehead atoms. The lowest BCUT2D eigenvalue weighted by molar-refractivity contribution is -0.122. The number of amides is 1. The Hall–Kier alpha value is -1.04. The fourth-order valence-electron chi connectivity index (χ4n) is 1.01. The molecule has 0 aliphatic heterocycles. The third-order valence-corrected chi connectivity index (χ3v) is 2.07. The molecule has 0 aromatic heterocycles. The summed E-state index contributed by atoms with van der Waals surface area (Å²) < 4.78 is 0. The summed E-state index contributed by atoms with van der Waals surface area (Å²) in [7, 11) is 0. The van der Waals surface area contributed by atoms with E-state index in [1.54, 1.807) is 0 Å². The normalized spacial score (nSPS) is 12.6. The van der Waals surface area contributed by atoms with Crippen LogP contribution in [0.1, 0.15) is 40.5 Å². The first-order valence-corrected chi connectivity index (χ1v) is 5.16. The van der Waals surface area contributed by atoms with E-state index in [2.05, 4.69) is 25.2 Å². The smallest absolute Gasteiger partial charge is 0.221 e. The number of nitrogens with one attached hydrogen (secondary N) is 1. The van der Waals surface area contributed by atoms with Gasteiger partial charge in [-0.05, 0) is 18.3 Å². The molecule has 0 spiro atoms. The van der Waals surface area contributed by atoms with Crippen LogP contribution in [0.15, 0.2) is 0 Å². The molecule has 3 nitrogen and oxygen atoms in total. The van der Waals surface area contributed by atoms with Gasteiger partial charge in [-0.15, -0.1) is 0 Å². The second-order valence-electron chi connectivity index (χ2n) is 4.35. The van der Waals surface area contributed by atoms with Crippen LogP contribution >= 0.6 is 0 Å². The number of nitrogens with zero attached hydrogens (tertiary/aromatic N) is 1. The molecule has 0 aliphatic carbocycles. The zero-order valence-corrected chi connectivity index (χ0v) is 9.50. The third-order valence-electron chi connectivity index (χ3n) is 2.07. The van der Waals surface area contributed by atoms with Gasteiger partial charge in [0.1, 0.15) is 6.04 Å². The van der Waals surface area contributed by atoms with E-state index in [1.165, 1.54) is 0 Å². The van der Waals surface area contributed by atoms with Crippen LogP contribution in [0.5, 0.6) is 0 Å². The second kappa shape index (κ2) is 6.42. The molecule has 80 valence electrons. The predicted molar refractivity (Wildman–Crippen MR) is 56.5 cm³/mol. The maximum Gasteiger partial charge on any atom is 0.221 e. The average Bonchev–Trinajstić information content (AvgIpc) is 2.10. The highest BCUT2D eigenvalue weighted by Gasteiger charge is 2.14. The number of carbonyl (C=O) groups is 1. The van der Waals surface area contributed by atoms with Gasteiger partial charge < -0.3 is 5.32 Å². The fourth-order valence-corrected chi connectivity index (χ4v) is 1.01. The van der Waals surface area contributed by atoms with Crippen LogP contribution in [0.4, 0.5) is 0 Å². The van der Waals surface area contributed by atoms with Gasteiger partial charge in [-0.25, -0.2) is 0 Å². The molecular weight excluding hydrogens is 176 g/mol. The summed E-state index contributed by atoms with van der Waals surface area (Å²) in [4.78, 5) is 11.4. The Morgan fingerprint density at radius 2 is 1.93 bits per heavy atom. The number of nitriles is 1. The average molecular weight is 196 g/mol. The predicted octanol–water partition coefficient (Wildman–Crippen LogP) is 2.09. The maximum atomic E-state index is 11.4. The van der Waals surface area contributed by atoms with Crippen molar-refractivity contribution in [2.45, 2.75) is 46.6 Å². The molecule has 1 N–H and O–H groups in total. The first kappa shape index (κ1) is 13.0. The molecule has 0 saturated carbocycles. The van der Waals surface area contributed by atoms with E-state index in [4.69, 9.17) is 5.26 Å². The van der Waals surface area contributed by atoms with Gasteiger partial charge in [0.15, 0.2) is 0 Å². The van der Waals surface area contributed by atoms with Crippen LogP contribution in [-0.2, 0) is 4.79 Å². The van der Waals surface area contributed by atoms with Crippen LogP contribution in [0, 0.1) is 23.2 Å². The van der Waals surface area contributed by atoms with Gasteiger partial charge in [-0.2, -0.15) is 5.26 Å². The molecule has 0 saturated heterocycles. The first-order chi connectivity index (χ1) is 6.47. The molecule has 0 aliphatic rings. The van der Waals surface area contributed by atoms with E-state index >= 15 is 0 Å². The number of rotatable bonds is 5. The molecule has 0 rings (SSSR count). The summed E-state index contributed by atoms with van der Waals surface area (Å²) in [6, 6.07) is 1.74. The summed E-state index contributed by atoms with van der Waals surface area (Å²) >= 11 is 0. The van der Waals surface area contributed by atoms with Crippen molar-refractivity contribution in [2.75, 3.05) is 0 Å². The summed E-state index contributed by atoms with van der Waals surface area (Å²) in [6.45, 7) is 8.02. The summed E-state index contributed by atoms with van der Waals surface area (Å²) in [5.41, 5.74) is 0. The van der Waals surface area contributed by atoms with E-state index in [-0.39, 0.29) is 17.9 Å². The topological polar surface area (TPSA) is 52.9 Å². The minimum absolute atomic E-state index is 0.0149. The Morgan fingerprint density at radius 1 is 1.36 bits per heavy atom. The quantitative estimate of drug-likeness (QED) is 0.732. The Kier molecular flexibility index (Phi) is 5.94. The van der Waals surface area contributed by atoms with Crippen molar-refractivity contribution in [1.82, 2.24) is 5.32 Å². The molecule has 1 amide bonds. The molecule has 0 aromatic carbocycles. The fraction of sp³-hybridized carbons (Fsp3) is 0.818. The Bertz CT molecular complexity index is 216. The Morgan fingerprint density at radius 3 is 2.29 bits per heavy atom. The standard InChI is InChI=1S/C11H20N2O/c1-8(2)5-6-11(14)13-10(7-12)9(3)4/h8-10H,5-6H2,1-4H3,(H,13,14). The van der Waals surface area contributed by atoms with Gasteiger partial charge >= 0.3 is 0 Å². The minimum Gasteiger partial charge on any atom is -0.340 e. The van der Waals surface area contributed by atoms with E-state index in [9.17, 15) is 4.79 Å². The largest absolute Gasteiger partial charge is 0.340 e. The van der Waals surface area contributed by atoms with Crippen molar-refractivity contribution < 1.29 is 4.79 Å². The van der Waals surface area contributed by atoms with Gasteiger partial charge in [0.25, 0.3) is 0 Å². The molecular formula is C11H20N2O. The van der Waals surface area contributed by atoms with E-state index in [0.717, 1.165) is 6.42 Å². The summed E-state index contributed by atoms with van der Waals surface area (Å²) in [5.74, 6) is 0.683. The SMILES string of the molecule is CC(C)CCC(=O)NC(C#N)C(C)C. The van der Waals surface area contributed by atoms with Crippen LogP contribution in [0.3, 0.4) is 0 Å². The molecule has 0 heterocycles. The van der Waals surface area contributed by atoms with Crippen molar-refractivity contribution in [2.24, 2.45) is 11.8 Å². The summed E-state index contributed by atoms with van der Waals surface area (Å²) in [6.07, 6.45) is 1.39. The van der Waals surface area contributed by atoms with Crippen LogP contribution in [0.25, 0.3) is 0 Å². The molecule has 1 atom stereocenters.